The van der Waals surface area contributed by atoms with E-state index in [2.05, 4.69) is 23.5 Å². The normalized spacial score (nSPS) is 35.9. The summed E-state index contributed by atoms with van der Waals surface area (Å²) in [5, 5.41) is 3.22. The van der Waals surface area contributed by atoms with Gasteiger partial charge in [0.2, 0.25) is 11.8 Å². The van der Waals surface area contributed by atoms with Crippen LogP contribution in [0.1, 0.15) is 62.8 Å². The lowest BCUT2D eigenvalue weighted by Crippen LogP contribution is -2.72. The molecule has 2 saturated carbocycles. The molecule has 1 N–H and O–H groups in total. The number of nitrogens with one attached hydrogen (secondary N) is 1. The second-order valence-corrected chi connectivity index (χ2v) is 10.7. The van der Waals surface area contributed by atoms with Crippen molar-refractivity contribution < 1.29 is 23.8 Å². The average Bonchev–Trinajstić information content (AvgIpc) is 3.63. The van der Waals surface area contributed by atoms with E-state index < -0.39 is 11.0 Å². The average molecular weight is 455 g/mol. The number of hydrogen-bond acceptors (Lipinski definition) is 5. The van der Waals surface area contributed by atoms with Crippen molar-refractivity contribution in [3.8, 4) is 5.75 Å². The minimum absolute atomic E-state index is 0.0878. The van der Waals surface area contributed by atoms with Crippen LogP contribution in [0.2, 0.25) is 0 Å². The molecule has 0 radical (unpaired) electrons. The summed E-state index contributed by atoms with van der Waals surface area (Å²) < 4.78 is 18.6. The van der Waals surface area contributed by atoms with Crippen molar-refractivity contribution in [2.24, 2.45) is 5.41 Å². The topological polar surface area (TPSA) is 77.1 Å². The first-order chi connectivity index (χ1) is 16.1. The number of amides is 2. The molecule has 2 saturated heterocycles. The Labute approximate surface area is 195 Å². The lowest BCUT2D eigenvalue weighted by atomic mass is 9.79. The summed E-state index contributed by atoms with van der Waals surface area (Å²) in [7, 11) is 0. The van der Waals surface area contributed by atoms with Gasteiger partial charge in [0.05, 0.1) is 36.3 Å². The maximum absolute atomic E-state index is 13.9. The Morgan fingerprint density at radius 2 is 1.82 bits per heavy atom. The standard InChI is InChI=1S/C26H34N2O5/c29-23-15-31-17-26(27-23)10-3-13-28-22(26)14-32-19-8-6-18(7-9-19)20-4-1-2-5-21(20)33-16-25(11-12-25)24(28)30/h1-2,4-5,18-19,22H,3,6-17H2,(H,27,29). The van der Waals surface area contributed by atoms with Crippen molar-refractivity contribution >= 4 is 11.8 Å². The molecular weight excluding hydrogens is 420 g/mol. The first-order valence-electron chi connectivity index (χ1n) is 12.6. The van der Waals surface area contributed by atoms with Gasteiger partial charge in [0.25, 0.3) is 0 Å². The quantitative estimate of drug-likeness (QED) is 0.652. The minimum atomic E-state index is -0.568. The molecule has 7 heteroatoms. The van der Waals surface area contributed by atoms with E-state index in [0.717, 1.165) is 57.1 Å². The van der Waals surface area contributed by atoms with Crippen molar-refractivity contribution in [3.63, 3.8) is 0 Å². The van der Waals surface area contributed by atoms with E-state index in [-0.39, 0.29) is 30.6 Å². The van der Waals surface area contributed by atoms with E-state index in [1.807, 2.05) is 11.0 Å². The molecule has 4 aliphatic heterocycles. The third-order valence-electron chi connectivity index (χ3n) is 8.61. The van der Waals surface area contributed by atoms with Crippen molar-refractivity contribution in [3.05, 3.63) is 29.8 Å². The molecule has 6 aliphatic rings. The number of carbonyl (C=O) groups is 2. The monoisotopic (exact) mass is 454 g/mol. The summed E-state index contributed by atoms with van der Waals surface area (Å²) in [4.78, 5) is 28.3. The summed E-state index contributed by atoms with van der Waals surface area (Å²) in [6.45, 7) is 2.07. The number of rotatable bonds is 0. The molecule has 4 heterocycles. The van der Waals surface area contributed by atoms with Gasteiger partial charge in [0.1, 0.15) is 19.0 Å². The fraction of sp³-hybridized carbons (Fsp3) is 0.692. The Kier molecular flexibility index (Phi) is 5.37. The predicted molar refractivity (Wildman–Crippen MR) is 121 cm³/mol. The van der Waals surface area contributed by atoms with Crippen LogP contribution in [0.4, 0.5) is 0 Å². The molecule has 2 bridgehead atoms. The van der Waals surface area contributed by atoms with E-state index in [1.54, 1.807) is 0 Å². The number of fused-ring (bicyclic) bond motifs is 4. The van der Waals surface area contributed by atoms with Gasteiger partial charge in [0, 0.05) is 6.54 Å². The second-order valence-electron chi connectivity index (χ2n) is 10.7. The van der Waals surface area contributed by atoms with E-state index in [1.165, 1.54) is 5.56 Å². The van der Waals surface area contributed by atoms with Crippen LogP contribution in [0, 0.1) is 5.41 Å². The fourth-order valence-corrected chi connectivity index (χ4v) is 6.48. The Hall–Kier alpha value is -2.12. The van der Waals surface area contributed by atoms with Crippen molar-refractivity contribution in [2.45, 2.75) is 75.0 Å². The first kappa shape index (κ1) is 21.4. The van der Waals surface area contributed by atoms with E-state index in [9.17, 15) is 9.59 Å². The van der Waals surface area contributed by atoms with Gasteiger partial charge >= 0.3 is 0 Å². The van der Waals surface area contributed by atoms with Crippen LogP contribution in [0.5, 0.6) is 5.75 Å². The molecule has 178 valence electrons. The van der Waals surface area contributed by atoms with Gasteiger partial charge in [-0.15, -0.1) is 0 Å². The van der Waals surface area contributed by atoms with Crippen LogP contribution in [-0.4, -0.2) is 67.4 Å². The molecule has 2 aliphatic carbocycles. The zero-order chi connectivity index (χ0) is 22.5. The van der Waals surface area contributed by atoms with Gasteiger partial charge in [-0.1, -0.05) is 18.2 Å². The summed E-state index contributed by atoms with van der Waals surface area (Å²) in [6.07, 6.45) is 7.68. The third kappa shape index (κ3) is 3.83. The Bertz CT molecular complexity index is 919. The lowest BCUT2D eigenvalue weighted by Gasteiger charge is -2.52. The molecule has 2 amide bonds. The fourth-order valence-electron chi connectivity index (χ4n) is 6.48. The summed E-state index contributed by atoms with van der Waals surface area (Å²) in [5.41, 5.74) is 0.237. The van der Waals surface area contributed by atoms with Gasteiger partial charge in [0.15, 0.2) is 0 Å². The second kappa shape index (κ2) is 8.27. The number of piperidine rings is 1. The maximum atomic E-state index is 13.9. The van der Waals surface area contributed by atoms with E-state index in [4.69, 9.17) is 14.2 Å². The zero-order valence-corrected chi connectivity index (χ0v) is 19.2. The molecule has 2 atom stereocenters. The van der Waals surface area contributed by atoms with Crippen LogP contribution in [0.25, 0.3) is 0 Å². The summed E-state index contributed by atoms with van der Waals surface area (Å²) >= 11 is 0. The van der Waals surface area contributed by atoms with Gasteiger partial charge in [-0.2, -0.15) is 0 Å². The molecular formula is C26H34N2O5. The maximum Gasteiger partial charge on any atom is 0.246 e. The van der Waals surface area contributed by atoms with Crippen molar-refractivity contribution in [1.29, 1.82) is 0 Å². The van der Waals surface area contributed by atoms with Crippen LogP contribution in [-0.2, 0) is 19.1 Å². The van der Waals surface area contributed by atoms with Crippen molar-refractivity contribution in [2.75, 3.05) is 33.0 Å². The largest absolute Gasteiger partial charge is 0.492 e. The molecule has 2 unspecified atom stereocenters. The highest BCUT2D eigenvalue weighted by Gasteiger charge is 2.57. The Morgan fingerprint density at radius 1 is 1.00 bits per heavy atom. The first-order valence-corrected chi connectivity index (χ1v) is 12.6. The molecule has 7 rings (SSSR count). The lowest BCUT2D eigenvalue weighted by molar-refractivity contribution is -0.159. The number of ether oxygens (including phenoxy) is 3. The molecule has 1 aromatic carbocycles. The van der Waals surface area contributed by atoms with Gasteiger partial charge < -0.3 is 24.4 Å². The van der Waals surface area contributed by atoms with Gasteiger partial charge in [-0.05, 0) is 68.9 Å². The van der Waals surface area contributed by atoms with Crippen LogP contribution < -0.4 is 10.1 Å². The summed E-state index contributed by atoms with van der Waals surface area (Å²) in [6, 6.07) is 8.13. The molecule has 33 heavy (non-hydrogen) atoms. The molecule has 4 fully saturated rings. The van der Waals surface area contributed by atoms with Gasteiger partial charge in [-0.25, -0.2) is 0 Å². The van der Waals surface area contributed by atoms with Crippen LogP contribution in [0.3, 0.4) is 0 Å². The smallest absolute Gasteiger partial charge is 0.246 e. The number of benzene rings is 1. The van der Waals surface area contributed by atoms with Crippen LogP contribution in [0.15, 0.2) is 24.3 Å². The van der Waals surface area contributed by atoms with Crippen LogP contribution >= 0.6 is 0 Å². The third-order valence-corrected chi connectivity index (χ3v) is 8.61. The Balaban J connectivity index is 1.34. The van der Waals surface area contributed by atoms with Crippen molar-refractivity contribution in [1.82, 2.24) is 10.2 Å². The highest BCUT2D eigenvalue weighted by molar-refractivity contribution is 5.86. The molecule has 7 nitrogen and oxygen atoms in total. The molecule has 2 spiro atoms. The van der Waals surface area contributed by atoms with E-state index >= 15 is 0 Å². The predicted octanol–water partition coefficient (Wildman–Crippen LogP) is 2.78. The number of carbonyl (C=O) groups excluding carboxylic acids is 2. The number of hydrogen-bond donors (Lipinski definition) is 1. The zero-order valence-electron chi connectivity index (χ0n) is 19.2. The number of para-hydroxylation sites is 1. The summed E-state index contributed by atoms with van der Waals surface area (Å²) in [5.74, 6) is 1.45. The van der Waals surface area contributed by atoms with E-state index in [0.29, 0.717) is 32.3 Å². The molecule has 0 aromatic heterocycles. The molecule has 1 aromatic rings. The highest BCUT2D eigenvalue weighted by atomic mass is 16.5. The number of morpholine rings is 1. The SMILES string of the molecule is O=C1COCC2(CCCN3C(=O)C4(CC4)COc4ccccc4C4CCC(CC4)OCC32)N1. The number of nitrogens with zero attached hydrogens (tertiary/aromatic N) is 1. The highest BCUT2D eigenvalue weighted by Crippen LogP contribution is 2.50. The minimum Gasteiger partial charge on any atom is -0.492 e. The van der Waals surface area contributed by atoms with Gasteiger partial charge in [-0.3, -0.25) is 9.59 Å². The Morgan fingerprint density at radius 3 is 2.61 bits per heavy atom.